The van der Waals surface area contributed by atoms with Crippen molar-refractivity contribution in [2.24, 2.45) is 0 Å². The summed E-state index contributed by atoms with van der Waals surface area (Å²) in [5.41, 5.74) is -0.114. The van der Waals surface area contributed by atoms with Crippen LogP contribution in [0.4, 0.5) is 4.79 Å². The van der Waals surface area contributed by atoms with Crippen LogP contribution in [0.1, 0.15) is 31.3 Å². The third-order valence-corrected chi connectivity index (χ3v) is 3.08. The maximum Gasteiger partial charge on any atom is 0.435 e. The van der Waals surface area contributed by atoms with Crippen molar-refractivity contribution in [1.29, 1.82) is 0 Å². The van der Waals surface area contributed by atoms with E-state index in [-0.39, 0.29) is 5.69 Å². The minimum atomic E-state index is -0.660. The lowest BCUT2D eigenvalue weighted by Crippen LogP contribution is -2.27. The summed E-state index contributed by atoms with van der Waals surface area (Å²) in [5, 5.41) is 4.56. The first kappa shape index (κ1) is 15.5. The molecular weight excluding hydrogens is 340 g/mol. The van der Waals surface area contributed by atoms with Gasteiger partial charge in [-0.1, -0.05) is 15.9 Å². The average molecular weight is 355 g/mol. The predicted octanol–water partition coefficient (Wildman–Crippen LogP) is 3.37. The molecule has 0 fully saturated rings. The van der Waals surface area contributed by atoms with Gasteiger partial charge in [-0.2, -0.15) is 9.78 Å². The zero-order valence-corrected chi connectivity index (χ0v) is 13.7. The van der Waals surface area contributed by atoms with Crippen LogP contribution < -0.4 is 0 Å². The van der Waals surface area contributed by atoms with Gasteiger partial charge < -0.3 is 9.47 Å². The van der Waals surface area contributed by atoms with Gasteiger partial charge in [-0.05, 0) is 39.0 Å². The quantitative estimate of drug-likeness (QED) is 0.734. The Morgan fingerprint density at radius 2 is 1.95 bits per heavy atom. The number of hydrogen-bond donors (Lipinski definition) is 0. The Morgan fingerprint density at radius 1 is 1.29 bits per heavy atom. The van der Waals surface area contributed by atoms with Crippen LogP contribution in [0.3, 0.4) is 0 Å². The lowest BCUT2D eigenvalue weighted by Gasteiger charge is -2.19. The summed E-state index contributed by atoms with van der Waals surface area (Å²) in [6.45, 7) is 5.27. The third kappa shape index (κ3) is 3.24. The highest BCUT2D eigenvalue weighted by Crippen LogP contribution is 2.24. The molecule has 0 aliphatic rings. The van der Waals surface area contributed by atoms with Crippen LogP contribution in [0.15, 0.2) is 22.7 Å². The molecule has 21 heavy (non-hydrogen) atoms. The molecular formula is C14H15BrN2O4. The standard InChI is InChI=1S/C14H15BrN2O4/c1-14(2,3)21-13(19)17-10-7-8(15)5-6-9(10)11(16-17)12(18)20-4/h5-7H,1-4H3. The summed E-state index contributed by atoms with van der Waals surface area (Å²) in [6, 6.07) is 5.15. The van der Waals surface area contributed by atoms with Gasteiger partial charge in [0.2, 0.25) is 0 Å². The fourth-order valence-electron chi connectivity index (χ4n) is 1.78. The molecule has 0 aliphatic heterocycles. The predicted molar refractivity (Wildman–Crippen MR) is 80.4 cm³/mol. The molecule has 0 saturated heterocycles. The molecule has 0 saturated carbocycles. The Morgan fingerprint density at radius 3 is 2.52 bits per heavy atom. The molecule has 0 aliphatic carbocycles. The monoisotopic (exact) mass is 354 g/mol. The number of hydrogen-bond acceptors (Lipinski definition) is 5. The number of rotatable bonds is 1. The summed E-state index contributed by atoms with van der Waals surface area (Å²) in [6.07, 6.45) is -0.652. The molecule has 0 N–H and O–H groups in total. The van der Waals surface area contributed by atoms with Crippen LogP contribution in [0.5, 0.6) is 0 Å². The summed E-state index contributed by atoms with van der Waals surface area (Å²) in [7, 11) is 1.26. The van der Waals surface area contributed by atoms with Crippen molar-refractivity contribution < 1.29 is 19.1 Å². The van der Waals surface area contributed by atoms with Gasteiger partial charge in [0.05, 0.1) is 12.6 Å². The minimum Gasteiger partial charge on any atom is -0.464 e. The van der Waals surface area contributed by atoms with Crippen molar-refractivity contribution in [1.82, 2.24) is 9.78 Å². The second kappa shape index (κ2) is 5.48. The molecule has 0 bridgehead atoms. The van der Waals surface area contributed by atoms with Gasteiger partial charge in [0, 0.05) is 9.86 Å². The van der Waals surface area contributed by atoms with Gasteiger partial charge in [-0.25, -0.2) is 9.59 Å². The first-order chi connectivity index (χ1) is 9.73. The molecule has 0 unspecified atom stereocenters. The molecule has 112 valence electrons. The van der Waals surface area contributed by atoms with Gasteiger partial charge >= 0.3 is 12.1 Å². The Labute approximate surface area is 130 Å². The molecule has 0 amide bonds. The normalized spacial score (nSPS) is 11.5. The van der Waals surface area contributed by atoms with Crippen molar-refractivity contribution in [2.45, 2.75) is 26.4 Å². The molecule has 0 spiro atoms. The number of carbonyl (C=O) groups excluding carboxylic acids is 2. The number of halogens is 1. The minimum absolute atomic E-state index is 0.0749. The molecule has 1 aromatic carbocycles. The molecule has 0 atom stereocenters. The van der Waals surface area contributed by atoms with Crippen molar-refractivity contribution >= 4 is 38.9 Å². The van der Waals surface area contributed by atoms with E-state index in [4.69, 9.17) is 4.74 Å². The molecule has 2 aromatic rings. The summed E-state index contributed by atoms with van der Waals surface area (Å²) >= 11 is 3.33. The van der Waals surface area contributed by atoms with Gasteiger partial charge in [0.15, 0.2) is 5.69 Å². The van der Waals surface area contributed by atoms with Gasteiger partial charge in [0.1, 0.15) is 5.60 Å². The highest BCUT2D eigenvalue weighted by atomic mass is 79.9. The van der Waals surface area contributed by atoms with Crippen LogP contribution in [-0.4, -0.2) is 34.6 Å². The highest BCUT2D eigenvalue weighted by Gasteiger charge is 2.24. The topological polar surface area (TPSA) is 70.4 Å². The van der Waals surface area contributed by atoms with Gasteiger partial charge in [-0.3, -0.25) is 0 Å². The van der Waals surface area contributed by atoms with Crippen LogP contribution >= 0.6 is 15.9 Å². The lowest BCUT2D eigenvalue weighted by molar-refractivity contribution is 0.0519. The van der Waals surface area contributed by atoms with E-state index in [1.165, 1.54) is 7.11 Å². The fraction of sp³-hybridized carbons (Fsp3) is 0.357. The molecule has 7 heteroatoms. The van der Waals surface area contributed by atoms with E-state index < -0.39 is 17.7 Å². The van der Waals surface area contributed by atoms with Crippen LogP contribution in [0.25, 0.3) is 10.9 Å². The number of aromatic nitrogens is 2. The number of carbonyl (C=O) groups is 2. The molecule has 2 rings (SSSR count). The Kier molecular flexibility index (Phi) is 4.04. The van der Waals surface area contributed by atoms with Crippen molar-refractivity contribution in [3.05, 3.63) is 28.4 Å². The Bertz CT molecular complexity index is 716. The number of ether oxygens (including phenoxy) is 2. The summed E-state index contributed by atoms with van der Waals surface area (Å²) in [5.74, 6) is -0.607. The number of methoxy groups -OCH3 is 1. The molecule has 0 radical (unpaired) electrons. The maximum atomic E-state index is 12.2. The third-order valence-electron chi connectivity index (χ3n) is 2.59. The average Bonchev–Trinajstić information content (AvgIpc) is 2.74. The first-order valence-corrected chi connectivity index (χ1v) is 7.02. The van der Waals surface area contributed by atoms with Crippen LogP contribution in [-0.2, 0) is 9.47 Å². The Balaban J connectivity index is 2.60. The van der Waals surface area contributed by atoms with Crippen molar-refractivity contribution in [2.75, 3.05) is 7.11 Å². The number of esters is 1. The van der Waals surface area contributed by atoms with E-state index in [1.807, 2.05) is 0 Å². The second-order valence-corrected chi connectivity index (χ2v) is 6.31. The van der Waals surface area contributed by atoms with Crippen molar-refractivity contribution in [3.8, 4) is 0 Å². The van der Waals surface area contributed by atoms with E-state index in [0.717, 1.165) is 9.15 Å². The second-order valence-electron chi connectivity index (χ2n) is 5.39. The lowest BCUT2D eigenvalue weighted by atomic mass is 10.2. The zero-order valence-electron chi connectivity index (χ0n) is 12.1. The smallest absolute Gasteiger partial charge is 0.435 e. The molecule has 1 aromatic heterocycles. The largest absolute Gasteiger partial charge is 0.464 e. The molecule has 1 heterocycles. The molecule has 6 nitrogen and oxygen atoms in total. The van der Waals surface area contributed by atoms with Crippen LogP contribution in [0, 0.1) is 0 Å². The highest BCUT2D eigenvalue weighted by molar-refractivity contribution is 9.10. The first-order valence-electron chi connectivity index (χ1n) is 6.23. The maximum absolute atomic E-state index is 12.2. The van der Waals surface area contributed by atoms with E-state index in [1.54, 1.807) is 39.0 Å². The van der Waals surface area contributed by atoms with Crippen molar-refractivity contribution in [3.63, 3.8) is 0 Å². The summed E-state index contributed by atoms with van der Waals surface area (Å²) < 4.78 is 11.8. The number of nitrogens with zero attached hydrogens (tertiary/aromatic N) is 2. The van der Waals surface area contributed by atoms with Crippen LogP contribution in [0.2, 0.25) is 0 Å². The SMILES string of the molecule is COC(=O)c1nn(C(=O)OC(C)(C)C)c2cc(Br)ccc12. The van der Waals surface area contributed by atoms with E-state index in [0.29, 0.717) is 10.9 Å². The summed E-state index contributed by atoms with van der Waals surface area (Å²) in [4.78, 5) is 24.0. The number of fused-ring (bicyclic) bond motifs is 1. The Hall–Kier alpha value is -1.89. The van der Waals surface area contributed by atoms with Gasteiger partial charge in [0.25, 0.3) is 0 Å². The van der Waals surface area contributed by atoms with Gasteiger partial charge in [-0.15, -0.1) is 0 Å². The number of benzene rings is 1. The van der Waals surface area contributed by atoms with E-state index >= 15 is 0 Å². The van der Waals surface area contributed by atoms with E-state index in [9.17, 15) is 9.59 Å². The van der Waals surface area contributed by atoms with E-state index in [2.05, 4.69) is 25.8 Å². The zero-order chi connectivity index (χ0) is 15.8. The fourth-order valence-corrected chi connectivity index (χ4v) is 2.13.